The Hall–Kier alpha value is -2.40. The van der Waals surface area contributed by atoms with Gasteiger partial charge in [-0.2, -0.15) is 5.10 Å². The van der Waals surface area contributed by atoms with Crippen molar-refractivity contribution in [2.75, 3.05) is 0 Å². The van der Waals surface area contributed by atoms with Crippen LogP contribution < -0.4 is 4.74 Å². The fraction of sp³-hybridized carbons (Fsp3) is 0.381. The molecule has 4 nitrogen and oxygen atoms in total. The summed E-state index contributed by atoms with van der Waals surface area (Å²) in [4.78, 5) is 0. The Morgan fingerprint density at radius 2 is 2.00 bits per heavy atom. The summed E-state index contributed by atoms with van der Waals surface area (Å²) < 4.78 is 21.9. The molecule has 1 aliphatic rings. The van der Waals surface area contributed by atoms with Gasteiger partial charge in [0.1, 0.15) is 17.3 Å². The second-order valence-electron chi connectivity index (χ2n) is 7.61. The van der Waals surface area contributed by atoms with Crippen LogP contribution in [0.2, 0.25) is 0 Å². The van der Waals surface area contributed by atoms with Gasteiger partial charge in [-0.3, -0.25) is 4.68 Å². The van der Waals surface area contributed by atoms with E-state index in [1.807, 2.05) is 29.1 Å². The van der Waals surface area contributed by atoms with Crippen LogP contribution in [0.3, 0.4) is 0 Å². The minimum Gasteiger partial charge on any atom is -0.457 e. The molecule has 136 valence electrons. The van der Waals surface area contributed by atoms with Crippen LogP contribution in [0.4, 0.5) is 4.39 Å². The van der Waals surface area contributed by atoms with E-state index in [9.17, 15) is 9.50 Å². The third kappa shape index (κ3) is 3.31. The van der Waals surface area contributed by atoms with Gasteiger partial charge in [-0.15, -0.1) is 0 Å². The molecule has 1 aromatic heterocycles. The normalized spacial score (nSPS) is 14.0. The van der Waals surface area contributed by atoms with E-state index in [-0.39, 0.29) is 5.82 Å². The fourth-order valence-corrected chi connectivity index (χ4v) is 3.52. The van der Waals surface area contributed by atoms with Crippen molar-refractivity contribution in [2.45, 2.75) is 51.7 Å². The number of aromatic nitrogens is 2. The van der Waals surface area contributed by atoms with E-state index in [1.54, 1.807) is 19.9 Å². The predicted octanol–water partition coefficient (Wildman–Crippen LogP) is 4.62. The van der Waals surface area contributed by atoms with Gasteiger partial charge in [-0.25, -0.2) is 4.39 Å². The van der Waals surface area contributed by atoms with Crippen LogP contribution in [0, 0.1) is 5.82 Å². The highest BCUT2D eigenvalue weighted by Gasteiger charge is 2.20. The monoisotopic (exact) mass is 354 g/mol. The van der Waals surface area contributed by atoms with Crippen molar-refractivity contribution < 1.29 is 14.2 Å². The van der Waals surface area contributed by atoms with Gasteiger partial charge in [0.05, 0.1) is 17.3 Å². The van der Waals surface area contributed by atoms with Crippen LogP contribution in [-0.4, -0.2) is 20.5 Å². The molecule has 2 aromatic carbocycles. The Balaban J connectivity index is 1.63. The van der Waals surface area contributed by atoms with Crippen LogP contribution in [-0.2, 0) is 19.4 Å². The average Bonchev–Trinajstić information content (AvgIpc) is 3.22. The number of nitrogens with zero attached hydrogens (tertiary/aromatic N) is 2. The lowest BCUT2D eigenvalue weighted by atomic mass is 10.1. The first-order valence-corrected chi connectivity index (χ1v) is 9.07. The average molecular weight is 354 g/mol. The molecular weight excluding hydrogens is 331 g/mol. The topological polar surface area (TPSA) is 47.3 Å². The SMILES string of the molecule is CC(C)(O)CCn1ncc2ccc(Oc3ccc(F)c4c3CCC4)cc21. The maximum Gasteiger partial charge on any atom is 0.131 e. The number of aliphatic hydroxyl groups is 1. The van der Waals surface area contributed by atoms with Crippen molar-refractivity contribution in [3.05, 3.63) is 53.5 Å². The summed E-state index contributed by atoms with van der Waals surface area (Å²) in [6.07, 6.45) is 5.03. The van der Waals surface area contributed by atoms with Gasteiger partial charge in [0.2, 0.25) is 0 Å². The van der Waals surface area contributed by atoms with E-state index in [0.29, 0.717) is 18.7 Å². The summed E-state index contributed by atoms with van der Waals surface area (Å²) in [6, 6.07) is 9.05. The van der Waals surface area contributed by atoms with Gasteiger partial charge >= 0.3 is 0 Å². The van der Waals surface area contributed by atoms with Gasteiger partial charge < -0.3 is 9.84 Å². The lowest BCUT2D eigenvalue weighted by Gasteiger charge is -2.17. The molecule has 0 unspecified atom stereocenters. The third-order valence-corrected chi connectivity index (χ3v) is 4.96. The van der Waals surface area contributed by atoms with Gasteiger partial charge in [0.15, 0.2) is 0 Å². The molecule has 0 amide bonds. The summed E-state index contributed by atoms with van der Waals surface area (Å²) in [5, 5.41) is 15.4. The summed E-state index contributed by atoms with van der Waals surface area (Å²) in [7, 11) is 0. The van der Waals surface area contributed by atoms with Crippen LogP contribution in [0.25, 0.3) is 10.9 Å². The van der Waals surface area contributed by atoms with Crippen molar-refractivity contribution in [1.29, 1.82) is 0 Å². The molecule has 0 fully saturated rings. The van der Waals surface area contributed by atoms with Gasteiger partial charge in [0.25, 0.3) is 0 Å². The number of hydrogen-bond acceptors (Lipinski definition) is 3. The van der Waals surface area contributed by atoms with Crippen LogP contribution >= 0.6 is 0 Å². The van der Waals surface area contributed by atoms with Crippen molar-refractivity contribution in [3.63, 3.8) is 0 Å². The van der Waals surface area contributed by atoms with Crippen molar-refractivity contribution in [2.24, 2.45) is 0 Å². The standard InChI is InChI=1S/C21H23FN2O2/c1-21(2,25)10-11-24-19-12-15(7-6-14(19)13-23-24)26-20-9-8-18(22)16-4-3-5-17(16)20/h6-9,12-13,25H,3-5,10-11H2,1-2H3. The third-order valence-electron chi connectivity index (χ3n) is 4.96. The Bertz CT molecular complexity index is 957. The molecule has 1 aliphatic carbocycles. The highest BCUT2D eigenvalue weighted by Crippen LogP contribution is 2.35. The highest BCUT2D eigenvalue weighted by molar-refractivity contribution is 5.80. The molecule has 0 bridgehead atoms. The second kappa shape index (κ2) is 6.40. The molecule has 0 atom stereocenters. The smallest absolute Gasteiger partial charge is 0.131 e. The zero-order valence-electron chi connectivity index (χ0n) is 15.1. The first kappa shape index (κ1) is 17.0. The molecule has 1 heterocycles. The Labute approximate surface area is 152 Å². The van der Waals surface area contributed by atoms with Gasteiger partial charge in [-0.1, -0.05) is 0 Å². The van der Waals surface area contributed by atoms with E-state index in [4.69, 9.17) is 4.74 Å². The van der Waals surface area contributed by atoms with E-state index < -0.39 is 5.60 Å². The number of halogens is 1. The van der Waals surface area contributed by atoms with Crippen molar-refractivity contribution in [3.8, 4) is 11.5 Å². The molecule has 3 aromatic rings. The summed E-state index contributed by atoms with van der Waals surface area (Å²) in [5.74, 6) is 1.31. The molecule has 0 spiro atoms. The number of rotatable bonds is 5. The van der Waals surface area contributed by atoms with E-state index in [1.165, 1.54) is 6.07 Å². The highest BCUT2D eigenvalue weighted by atomic mass is 19.1. The molecule has 0 aliphatic heterocycles. The Kier molecular flexibility index (Phi) is 4.19. The number of benzene rings is 2. The summed E-state index contributed by atoms with van der Waals surface area (Å²) >= 11 is 0. The molecule has 0 saturated heterocycles. The van der Waals surface area contributed by atoms with Crippen LogP contribution in [0.1, 0.15) is 37.8 Å². The van der Waals surface area contributed by atoms with Gasteiger partial charge in [0, 0.05) is 23.6 Å². The number of ether oxygens (including phenoxy) is 1. The number of fused-ring (bicyclic) bond motifs is 2. The van der Waals surface area contributed by atoms with Gasteiger partial charge in [-0.05, 0) is 69.4 Å². The van der Waals surface area contributed by atoms with Crippen LogP contribution in [0.15, 0.2) is 36.5 Å². The maximum absolute atomic E-state index is 13.9. The second-order valence-corrected chi connectivity index (χ2v) is 7.61. The van der Waals surface area contributed by atoms with Crippen molar-refractivity contribution >= 4 is 10.9 Å². The van der Waals surface area contributed by atoms with E-state index in [2.05, 4.69) is 5.10 Å². The zero-order valence-corrected chi connectivity index (χ0v) is 15.1. The number of aryl methyl sites for hydroxylation is 1. The molecule has 0 saturated carbocycles. The molecule has 1 N–H and O–H groups in total. The fourth-order valence-electron chi connectivity index (χ4n) is 3.52. The maximum atomic E-state index is 13.9. The molecular formula is C21H23FN2O2. The zero-order chi connectivity index (χ0) is 18.3. The van der Waals surface area contributed by atoms with Crippen LogP contribution in [0.5, 0.6) is 11.5 Å². The largest absolute Gasteiger partial charge is 0.457 e. The van der Waals surface area contributed by atoms with Crippen molar-refractivity contribution in [1.82, 2.24) is 9.78 Å². The first-order valence-electron chi connectivity index (χ1n) is 9.07. The quantitative estimate of drug-likeness (QED) is 0.727. The summed E-state index contributed by atoms with van der Waals surface area (Å²) in [5.41, 5.74) is 2.01. The lowest BCUT2D eigenvalue weighted by molar-refractivity contribution is 0.0655. The predicted molar refractivity (Wildman–Crippen MR) is 99.1 cm³/mol. The number of hydrogen-bond donors (Lipinski definition) is 1. The molecule has 0 radical (unpaired) electrons. The Morgan fingerprint density at radius 3 is 2.81 bits per heavy atom. The van der Waals surface area contributed by atoms with E-state index >= 15 is 0 Å². The summed E-state index contributed by atoms with van der Waals surface area (Å²) in [6.45, 7) is 4.22. The van der Waals surface area contributed by atoms with E-state index in [0.717, 1.165) is 47.0 Å². The lowest BCUT2D eigenvalue weighted by Crippen LogP contribution is -2.21. The molecule has 26 heavy (non-hydrogen) atoms. The molecule has 5 heteroatoms. The minimum absolute atomic E-state index is 0.134. The Morgan fingerprint density at radius 1 is 1.19 bits per heavy atom. The minimum atomic E-state index is -0.735. The first-order chi connectivity index (χ1) is 12.4. The molecule has 4 rings (SSSR count).